The van der Waals surface area contributed by atoms with Gasteiger partial charge in [0.1, 0.15) is 5.69 Å². The van der Waals surface area contributed by atoms with E-state index >= 15 is 0 Å². The first-order valence-corrected chi connectivity index (χ1v) is 6.01. The van der Waals surface area contributed by atoms with Gasteiger partial charge in [-0.25, -0.2) is 4.79 Å². The molecule has 0 unspecified atom stereocenters. The zero-order valence-corrected chi connectivity index (χ0v) is 11.4. The molecule has 0 spiro atoms. The van der Waals surface area contributed by atoms with E-state index in [2.05, 4.69) is 21.0 Å². The number of carbonyl (C=O) groups excluding carboxylic acids is 1. The fraction of sp³-hybridized carbons (Fsp3) is 0.500. The van der Waals surface area contributed by atoms with Gasteiger partial charge in [0.25, 0.3) is 0 Å². The first-order chi connectivity index (χ1) is 7.86. The summed E-state index contributed by atoms with van der Waals surface area (Å²) in [6.45, 7) is 6.85. The minimum atomic E-state index is -0.256. The summed E-state index contributed by atoms with van der Waals surface area (Å²) in [7, 11) is 4.28. The van der Waals surface area contributed by atoms with E-state index in [0.717, 1.165) is 11.0 Å². The van der Waals surface area contributed by atoms with Crippen LogP contribution in [0, 0.1) is 0 Å². The second-order valence-corrected chi connectivity index (χ2v) is 5.00. The predicted molar refractivity (Wildman–Crippen MR) is 71.2 cm³/mol. The minimum Gasteiger partial charge on any atom is -0.459 e. The van der Waals surface area contributed by atoms with E-state index in [-0.39, 0.29) is 12.1 Å². The Hall–Kier alpha value is -1.35. The van der Waals surface area contributed by atoms with E-state index in [0.29, 0.717) is 5.56 Å². The lowest BCUT2D eigenvalue weighted by atomic mass is 10.2. The van der Waals surface area contributed by atoms with E-state index in [1.807, 2.05) is 38.1 Å². The van der Waals surface area contributed by atoms with Gasteiger partial charge in [0.2, 0.25) is 0 Å². The summed E-state index contributed by atoms with van der Waals surface area (Å²) in [6.07, 6.45) is -0.0787. The molecule has 0 aromatic heterocycles. The Morgan fingerprint density at radius 1 is 1.24 bits per heavy atom. The number of carbonyl (C=O) groups is 1. The van der Waals surface area contributed by atoms with Crippen molar-refractivity contribution < 1.29 is 9.53 Å². The minimum absolute atomic E-state index is 0.0787. The molecule has 0 amide bonds. The molecule has 0 atom stereocenters. The fourth-order valence-electron chi connectivity index (χ4n) is 1.47. The molecule has 3 nitrogen and oxygen atoms in total. The average Bonchev–Trinajstić information content (AvgIpc) is 2.28. The molecule has 0 saturated heterocycles. The molecule has 0 fully saturated rings. The summed E-state index contributed by atoms with van der Waals surface area (Å²) in [4.78, 5) is 11.7. The van der Waals surface area contributed by atoms with Gasteiger partial charge in [0, 0.05) is 0 Å². The number of ether oxygens (including phenoxy) is 1. The fourth-order valence-corrected chi connectivity index (χ4v) is 1.47. The van der Waals surface area contributed by atoms with Crippen LogP contribution in [0.25, 0.3) is 0 Å². The van der Waals surface area contributed by atoms with Crippen LogP contribution in [0.1, 0.15) is 31.1 Å². The zero-order valence-electron chi connectivity index (χ0n) is 11.4. The first-order valence-electron chi connectivity index (χ1n) is 6.01. The maximum absolute atomic E-state index is 11.7. The third-order valence-electron chi connectivity index (χ3n) is 2.94. The lowest BCUT2D eigenvalue weighted by molar-refractivity contribution is 0.0378. The largest absolute Gasteiger partial charge is 0.459 e. The van der Waals surface area contributed by atoms with Gasteiger partial charge >= 0.3 is 5.97 Å². The van der Waals surface area contributed by atoms with Crippen LogP contribution in [0.5, 0.6) is 0 Å². The van der Waals surface area contributed by atoms with Crippen LogP contribution in [0.3, 0.4) is 0 Å². The second-order valence-electron chi connectivity index (χ2n) is 5.00. The van der Waals surface area contributed by atoms with Crippen molar-refractivity contribution in [1.82, 2.24) is 4.48 Å². The third-order valence-corrected chi connectivity index (χ3v) is 2.94. The van der Waals surface area contributed by atoms with Crippen LogP contribution in [0.15, 0.2) is 24.3 Å². The topological polar surface area (TPSA) is 26.3 Å². The van der Waals surface area contributed by atoms with Gasteiger partial charge < -0.3 is 4.74 Å². The van der Waals surface area contributed by atoms with Crippen molar-refractivity contribution in [2.45, 2.75) is 26.9 Å². The molecule has 94 valence electrons. The molecule has 0 aliphatic rings. The Bertz CT molecular complexity index is 380. The average molecular weight is 236 g/mol. The maximum Gasteiger partial charge on any atom is 0.338 e. The molecule has 0 radical (unpaired) electrons. The number of quaternary nitrogens is 1. The highest BCUT2D eigenvalue weighted by molar-refractivity contribution is 5.89. The van der Waals surface area contributed by atoms with Crippen LogP contribution in [0.2, 0.25) is 0 Å². The molecule has 0 saturated carbocycles. The summed E-state index contributed by atoms with van der Waals surface area (Å²) >= 11 is 0. The number of nitrogens with zero attached hydrogens (tertiary/aromatic N) is 1. The molecule has 1 aromatic carbocycles. The van der Waals surface area contributed by atoms with Crippen LogP contribution < -0.4 is 4.48 Å². The summed E-state index contributed by atoms with van der Waals surface area (Å²) in [5.74, 6) is -0.256. The van der Waals surface area contributed by atoms with Gasteiger partial charge in [0.15, 0.2) is 0 Å². The van der Waals surface area contributed by atoms with Gasteiger partial charge in [-0.15, -0.1) is 0 Å². The van der Waals surface area contributed by atoms with Crippen LogP contribution in [-0.4, -0.2) is 32.7 Å². The number of esters is 1. The summed E-state index contributed by atoms with van der Waals surface area (Å²) in [5.41, 5.74) is 1.80. The third kappa shape index (κ3) is 3.56. The van der Waals surface area contributed by atoms with Crippen LogP contribution in [0.4, 0.5) is 5.69 Å². The van der Waals surface area contributed by atoms with Gasteiger partial charge in [-0.2, -0.15) is 0 Å². The molecule has 0 heterocycles. The lowest BCUT2D eigenvalue weighted by Crippen LogP contribution is -2.39. The van der Waals surface area contributed by atoms with Crippen molar-refractivity contribution in [3.05, 3.63) is 29.8 Å². The number of benzene rings is 1. The molecule has 17 heavy (non-hydrogen) atoms. The normalized spacial score (nSPS) is 11.6. The van der Waals surface area contributed by atoms with Crippen molar-refractivity contribution in [3.8, 4) is 0 Å². The van der Waals surface area contributed by atoms with E-state index in [4.69, 9.17) is 4.74 Å². The standard InChI is InChI=1S/C14H22NO2/c1-6-15(4,5)13-9-7-12(8-10-13)14(16)17-11(2)3/h7-11H,6H2,1-5H3/q+1. The molecular formula is C14H22NO2+. The summed E-state index contributed by atoms with van der Waals surface area (Å²) < 4.78 is 5.95. The van der Waals surface area contributed by atoms with E-state index in [9.17, 15) is 4.79 Å². The van der Waals surface area contributed by atoms with Gasteiger partial charge in [-0.1, -0.05) is 0 Å². The quantitative estimate of drug-likeness (QED) is 0.593. The second kappa shape index (κ2) is 5.32. The Morgan fingerprint density at radius 2 is 1.76 bits per heavy atom. The number of rotatable bonds is 4. The monoisotopic (exact) mass is 236 g/mol. The molecular weight excluding hydrogens is 214 g/mol. The van der Waals surface area contributed by atoms with Crippen molar-refractivity contribution in [2.24, 2.45) is 0 Å². The smallest absolute Gasteiger partial charge is 0.338 e. The van der Waals surface area contributed by atoms with Crippen molar-refractivity contribution >= 4 is 11.7 Å². The molecule has 0 aliphatic heterocycles. The number of hydrogen-bond acceptors (Lipinski definition) is 2. The molecule has 0 bridgehead atoms. The van der Waals surface area contributed by atoms with Gasteiger partial charge in [-0.3, -0.25) is 4.48 Å². The van der Waals surface area contributed by atoms with Crippen LogP contribution in [-0.2, 0) is 4.74 Å². The van der Waals surface area contributed by atoms with E-state index in [1.165, 1.54) is 5.69 Å². The summed E-state index contributed by atoms with van der Waals surface area (Å²) in [6, 6.07) is 7.63. The molecule has 1 aromatic rings. The van der Waals surface area contributed by atoms with E-state index < -0.39 is 0 Å². The highest BCUT2D eigenvalue weighted by Gasteiger charge is 2.17. The first kappa shape index (κ1) is 13.7. The molecule has 0 aliphatic carbocycles. The molecule has 1 rings (SSSR count). The Morgan fingerprint density at radius 3 is 2.18 bits per heavy atom. The highest BCUT2D eigenvalue weighted by atomic mass is 16.5. The SMILES string of the molecule is CC[N+](C)(C)c1ccc(C(=O)OC(C)C)cc1. The van der Waals surface area contributed by atoms with Crippen molar-refractivity contribution in [3.63, 3.8) is 0 Å². The van der Waals surface area contributed by atoms with Gasteiger partial charge in [0.05, 0.1) is 32.3 Å². The van der Waals surface area contributed by atoms with Crippen molar-refractivity contribution in [1.29, 1.82) is 0 Å². The predicted octanol–water partition coefficient (Wildman–Crippen LogP) is 2.84. The Kier molecular flexibility index (Phi) is 4.29. The van der Waals surface area contributed by atoms with Crippen molar-refractivity contribution in [2.75, 3.05) is 20.6 Å². The van der Waals surface area contributed by atoms with E-state index in [1.54, 1.807) is 0 Å². The molecule has 3 heteroatoms. The lowest BCUT2D eigenvalue weighted by Gasteiger charge is -2.27. The van der Waals surface area contributed by atoms with Crippen LogP contribution >= 0.6 is 0 Å². The highest BCUT2D eigenvalue weighted by Crippen LogP contribution is 2.19. The maximum atomic E-state index is 11.7. The molecule has 0 N–H and O–H groups in total. The summed E-state index contributed by atoms with van der Waals surface area (Å²) in [5, 5.41) is 0. The Labute approximate surface area is 104 Å². The van der Waals surface area contributed by atoms with Gasteiger partial charge in [-0.05, 0) is 45.0 Å². The Balaban J connectivity index is 2.85. The zero-order chi connectivity index (χ0) is 13.1. The number of hydrogen-bond donors (Lipinski definition) is 0.